The molecule has 0 unspecified atom stereocenters. The molecule has 18 heavy (non-hydrogen) atoms. The van der Waals surface area contributed by atoms with Crippen LogP contribution in [-0.2, 0) is 5.41 Å². The molecule has 0 bridgehead atoms. The monoisotopic (exact) mass is 249 g/mol. The molecule has 0 saturated heterocycles. The molecule has 1 rings (SSSR count). The molecular formula is C15H27N3. The van der Waals surface area contributed by atoms with Gasteiger partial charge in [0.1, 0.15) is 5.82 Å². The highest BCUT2D eigenvalue weighted by molar-refractivity contribution is 5.36. The molecule has 3 nitrogen and oxygen atoms in total. The zero-order chi connectivity index (χ0) is 13.4. The van der Waals surface area contributed by atoms with E-state index in [1.165, 1.54) is 24.8 Å². The van der Waals surface area contributed by atoms with Crippen LogP contribution in [-0.4, -0.2) is 18.1 Å². The molecule has 0 amide bonds. The molecule has 3 heteroatoms. The van der Waals surface area contributed by atoms with E-state index in [1.807, 2.05) is 6.20 Å². The SMILES string of the molecule is CC(C)(C)c1ccc(NCCCCCCN)nc1. The van der Waals surface area contributed by atoms with Crippen LogP contribution in [0.3, 0.4) is 0 Å². The minimum absolute atomic E-state index is 0.174. The summed E-state index contributed by atoms with van der Waals surface area (Å²) in [6.45, 7) is 8.41. The Morgan fingerprint density at radius 1 is 1.11 bits per heavy atom. The van der Waals surface area contributed by atoms with Gasteiger partial charge in [-0.3, -0.25) is 0 Å². The average Bonchev–Trinajstić information content (AvgIpc) is 2.33. The molecule has 0 aliphatic heterocycles. The maximum atomic E-state index is 5.46. The van der Waals surface area contributed by atoms with Crippen LogP contribution in [0.15, 0.2) is 18.3 Å². The van der Waals surface area contributed by atoms with Crippen LogP contribution in [0.4, 0.5) is 5.82 Å². The summed E-state index contributed by atoms with van der Waals surface area (Å²) in [6, 6.07) is 4.23. The number of rotatable bonds is 7. The first-order valence-electron chi connectivity index (χ1n) is 6.94. The van der Waals surface area contributed by atoms with Crippen molar-refractivity contribution in [1.82, 2.24) is 4.98 Å². The van der Waals surface area contributed by atoms with Crippen molar-refractivity contribution in [3.63, 3.8) is 0 Å². The standard InChI is InChI=1S/C15H27N3/c1-15(2,3)13-8-9-14(18-12-13)17-11-7-5-4-6-10-16/h8-9,12H,4-7,10-11,16H2,1-3H3,(H,17,18). The van der Waals surface area contributed by atoms with E-state index in [0.717, 1.165) is 25.3 Å². The minimum atomic E-state index is 0.174. The molecule has 0 fully saturated rings. The van der Waals surface area contributed by atoms with E-state index < -0.39 is 0 Å². The number of pyridine rings is 1. The van der Waals surface area contributed by atoms with E-state index in [1.54, 1.807) is 0 Å². The van der Waals surface area contributed by atoms with Crippen LogP contribution in [0.25, 0.3) is 0 Å². The van der Waals surface area contributed by atoms with Gasteiger partial charge in [-0.1, -0.05) is 39.7 Å². The maximum Gasteiger partial charge on any atom is 0.125 e. The lowest BCUT2D eigenvalue weighted by Crippen LogP contribution is -2.12. The van der Waals surface area contributed by atoms with E-state index in [9.17, 15) is 0 Å². The summed E-state index contributed by atoms with van der Waals surface area (Å²) >= 11 is 0. The third kappa shape index (κ3) is 5.50. The van der Waals surface area contributed by atoms with Gasteiger partial charge in [0, 0.05) is 12.7 Å². The lowest BCUT2D eigenvalue weighted by Gasteiger charge is -2.18. The zero-order valence-corrected chi connectivity index (χ0v) is 12.0. The highest BCUT2D eigenvalue weighted by Crippen LogP contribution is 2.21. The van der Waals surface area contributed by atoms with Crippen molar-refractivity contribution in [1.29, 1.82) is 0 Å². The van der Waals surface area contributed by atoms with Gasteiger partial charge in [0.25, 0.3) is 0 Å². The largest absolute Gasteiger partial charge is 0.370 e. The first-order chi connectivity index (χ1) is 8.54. The molecule has 0 aromatic carbocycles. The summed E-state index contributed by atoms with van der Waals surface area (Å²) in [5.74, 6) is 0.974. The van der Waals surface area contributed by atoms with E-state index in [0.29, 0.717) is 0 Å². The number of hydrogen-bond acceptors (Lipinski definition) is 3. The van der Waals surface area contributed by atoms with Gasteiger partial charge in [-0.15, -0.1) is 0 Å². The van der Waals surface area contributed by atoms with Crippen molar-refractivity contribution in [2.24, 2.45) is 5.73 Å². The topological polar surface area (TPSA) is 50.9 Å². The van der Waals surface area contributed by atoms with Crippen molar-refractivity contribution in [3.8, 4) is 0 Å². The fraction of sp³-hybridized carbons (Fsp3) is 0.667. The van der Waals surface area contributed by atoms with Gasteiger partial charge in [-0.25, -0.2) is 4.98 Å². The van der Waals surface area contributed by atoms with Crippen molar-refractivity contribution in [2.45, 2.75) is 51.9 Å². The first kappa shape index (κ1) is 15.0. The number of nitrogens with two attached hydrogens (primary N) is 1. The molecular weight excluding hydrogens is 222 g/mol. The summed E-state index contributed by atoms with van der Waals surface area (Å²) < 4.78 is 0. The fourth-order valence-electron chi connectivity index (χ4n) is 1.78. The molecule has 0 aliphatic carbocycles. The van der Waals surface area contributed by atoms with Gasteiger partial charge >= 0.3 is 0 Å². The second-order valence-corrected chi connectivity index (χ2v) is 5.81. The lowest BCUT2D eigenvalue weighted by molar-refractivity contribution is 0.587. The van der Waals surface area contributed by atoms with Gasteiger partial charge in [0.05, 0.1) is 0 Å². The Hall–Kier alpha value is -1.09. The Morgan fingerprint density at radius 2 is 1.83 bits per heavy atom. The Balaban J connectivity index is 2.27. The lowest BCUT2D eigenvalue weighted by atomic mass is 9.88. The second kappa shape index (κ2) is 7.37. The third-order valence-electron chi connectivity index (χ3n) is 3.07. The quantitative estimate of drug-likeness (QED) is 0.729. The van der Waals surface area contributed by atoms with Crippen molar-refractivity contribution < 1.29 is 0 Å². The molecule has 102 valence electrons. The van der Waals surface area contributed by atoms with Gasteiger partial charge < -0.3 is 11.1 Å². The Bertz CT molecular complexity index is 325. The van der Waals surface area contributed by atoms with Crippen LogP contribution in [0.2, 0.25) is 0 Å². The van der Waals surface area contributed by atoms with Crippen LogP contribution in [0.5, 0.6) is 0 Å². The predicted molar refractivity (Wildman–Crippen MR) is 78.9 cm³/mol. The van der Waals surface area contributed by atoms with E-state index in [4.69, 9.17) is 5.73 Å². The molecule has 3 N–H and O–H groups in total. The Morgan fingerprint density at radius 3 is 2.39 bits per heavy atom. The van der Waals surface area contributed by atoms with Crippen LogP contribution >= 0.6 is 0 Å². The molecule has 0 radical (unpaired) electrons. The molecule has 0 aliphatic rings. The normalized spacial score (nSPS) is 11.6. The highest BCUT2D eigenvalue weighted by Gasteiger charge is 2.13. The maximum absolute atomic E-state index is 5.46. The summed E-state index contributed by atoms with van der Waals surface area (Å²) in [5, 5.41) is 3.36. The molecule has 0 spiro atoms. The second-order valence-electron chi connectivity index (χ2n) is 5.81. The number of nitrogens with zero attached hydrogens (tertiary/aromatic N) is 1. The summed E-state index contributed by atoms with van der Waals surface area (Å²) in [6.07, 6.45) is 6.76. The average molecular weight is 249 g/mol. The Kier molecular flexibility index (Phi) is 6.13. The van der Waals surface area contributed by atoms with Gasteiger partial charge in [-0.2, -0.15) is 0 Å². The smallest absolute Gasteiger partial charge is 0.125 e. The van der Waals surface area contributed by atoms with Gasteiger partial charge in [0.15, 0.2) is 0 Å². The summed E-state index contributed by atoms with van der Waals surface area (Å²) in [5.41, 5.74) is 6.91. The molecule has 1 aromatic rings. The fourth-order valence-corrected chi connectivity index (χ4v) is 1.78. The van der Waals surface area contributed by atoms with Crippen molar-refractivity contribution >= 4 is 5.82 Å². The van der Waals surface area contributed by atoms with Gasteiger partial charge in [-0.05, 0) is 36.4 Å². The van der Waals surface area contributed by atoms with Gasteiger partial charge in [0.2, 0.25) is 0 Å². The van der Waals surface area contributed by atoms with Crippen LogP contribution in [0, 0.1) is 0 Å². The number of hydrogen-bond donors (Lipinski definition) is 2. The van der Waals surface area contributed by atoms with Crippen molar-refractivity contribution in [2.75, 3.05) is 18.4 Å². The van der Waals surface area contributed by atoms with E-state index in [-0.39, 0.29) is 5.41 Å². The van der Waals surface area contributed by atoms with Crippen LogP contribution in [0.1, 0.15) is 52.0 Å². The molecule has 0 saturated carbocycles. The zero-order valence-electron chi connectivity index (χ0n) is 12.0. The number of anilines is 1. The van der Waals surface area contributed by atoms with E-state index >= 15 is 0 Å². The van der Waals surface area contributed by atoms with Crippen molar-refractivity contribution in [3.05, 3.63) is 23.9 Å². The molecule has 1 aromatic heterocycles. The molecule has 0 atom stereocenters. The number of aromatic nitrogens is 1. The number of unbranched alkanes of at least 4 members (excludes halogenated alkanes) is 3. The van der Waals surface area contributed by atoms with Crippen LogP contribution < -0.4 is 11.1 Å². The Labute approximate surface area is 111 Å². The minimum Gasteiger partial charge on any atom is -0.370 e. The molecule has 1 heterocycles. The van der Waals surface area contributed by atoms with E-state index in [2.05, 4.69) is 43.2 Å². The highest BCUT2D eigenvalue weighted by atomic mass is 15.0. The number of nitrogens with one attached hydrogen (secondary N) is 1. The first-order valence-corrected chi connectivity index (χ1v) is 6.94. The summed E-state index contributed by atoms with van der Waals surface area (Å²) in [4.78, 5) is 4.45. The third-order valence-corrected chi connectivity index (χ3v) is 3.07. The summed E-state index contributed by atoms with van der Waals surface area (Å²) in [7, 11) is 0. The predicted octanol–water partition coefficient (Wildman–Crippen LogP) is 3.31.